The van der Waals surface area contributed by atoms with Crippen LogP contribution in [0.4, 0.5) is 5.82 Å². The Balaban J connectivity index is 1.40. The summed E-state index contributed by atoms with van der Waals surface area (Å²) in [4.78, 5) is 22.4. The van der Waals surface area contributed by atoms with Gasteiger partial charge in [0.05, 0.1) is 48.4 Å². The minimum absolute atomic E-state index is 0.134. The summed E-state index contributed by atoms with van der Waals surface area (Å²) in [5.41, 5.74) is 2.96. The number of nitriles is 2. The largest absolute Gasteiger partial charge is 0.387 e. The van der Waals surface area contributed by atoms with Gasteiger partial charge in [-0.25, -0.2) is 19.9 Å². The average molecular weight is 454 g/mol. The van der Waals surface area contributed by atoms with Crippen LogP contribution in [0.2, 0.25) is 0 Å². The van der Waals surface area contributed by atoms with Crippen molar-refractivity contribution < 1.29 is 5.11 Å². The quantitative estimate of drug-likeness (QED) is 0.447. The highest BCUT2D eigenvalue weighted by atomic mass is 16.3. The number of aromatic nitrogens is 7. The second kappa shape index (κ2) is 8.89. The van der Waals surface area contributed by atoms with Crippen molar-refractivity contribution in [3.63, 3.8) is 0 Å². The summed E-state index contributed by atoms with van der Waals surface area (Å²) in [5, 5.41) is 34.3. The van der Waals surface area contributed by atoms with E-state index in [9.17, 15) is 15.6 Å². The number of aliphatic hydroxyl groups excluding tert-OH is 1. The minimum Gasteiger partial charge on any atom is -0.387 e. The molecule has 0 aliphatic carbocycles. The summed E-state index contributed by atoms with van der Waals surface area (Å²) in [5.74, 6) is 0.636. The van der Waals surface area contributed by atoms with Gasteiger partial charge in [-0.1, -0.05) is 0 Å². The topological polar surface area (TPSA) is 156 Å². The molecule has 3 atom stereocenters. The van der Waals surface area contributed by atoms with Crippen LogP contribution in [-0.4, -0.2) is 52.9 Å². The van der Waals surface area contributed by atoms with E-state index in [1.165, 1.54) is 12.5 Å². The van der Waals surface area contributed by atoms with Crippen LogP contribution in [0.1, 0.15) is 43.3 Å². The second-order valence-corrected chi connectivity index (χ2v) is 8.35. The number of aliphatic hydroxyl groups is 1. The van der Waals surface area contributed by atoms with Crippen LogP contribution in [-0.2, 0) is 0 Å². The molecule has 5 rings (SSSR count). The van der Waals surface area contributed by atoms with Gasteiger partial charge in [0.25, 0.3) is 0 Å². The van der Waals surface area contributed by atoms with Crippen LogP contribution in [0.3, 0.4) is 0 Å². The molecule has 0 radical (unpaired) electrons. The summed E-state index contributed by atoms with van der Waals surface area (Å²) >= 11 is 0. The third-order valence-corrected chi connectivity index (χ3v) is 6.24. The highest BCUT2D eigenvalue weighted by Crippen LogP contribution is 2.34. The molecule has 5 heterocycles. The highest BCUT2D eigenvalue weighted by Gasteiger charge is 2.33. The van der Waals surface area contributed by atoms with Crippen molar-refractivity contribution in [1.82, 2.24) is 34.7 Å². The number of aromatic amines is 1. The Morgan fingerprint density at radius 1 is 1.26 bits per heavy atom. The third-order valence-electron chi connectivity index (χ3n) is 6.24. The molecule has 0 amide bonds. The zero-order valence-electron chi connectivity index (χ0n) is 18.5. The van der Waals surface area contributed by atoms with Crippen molar-refractivity contribution in [3.05, 3.63) is 48.6 Å². The number of H-pyrrole nitrogens is 1. The van der Waals surface area contributed by atoms with E-state index in [-0.39, 0.29) is 17.7 Å². The maximum absolute atomic E-state index is 9.75. The van der Waals surface area contributed by atoms with E-state index < -0.39 is 6.10 Å². The lowest BCUT2D eigenvalue weighted by Crippen LogP contribution is -2.26. The molecule has 11 heteroatoms. The average Bonchev–Trinajstić information content (AvgIpc) is 3.62. The molecule has 4 aromatic heterocycles. The van der Waals surface area contributed by atoms with Crippen molar-refractivity contribution in [1.29, 1.82) is 10.5 Å². The SMILES string of the molecule is CC(O)c1cnc(N2CCC(C(CC#N)n3cc(-c4ncnc5[nH]ccc45)cn3)C2)c(C#N)n1. The molecule has 34 heavy (non-hydrogen) atoms. The molecule has 1 aliphatic heterocycles. The van der Waals surface area contributed by atoms with Crippen LogP contribution in [0.25, 0.3) is 22.3 Å². The monoisotopic (exact) mass is 454 g/mol. The fourth-order valence-corrected chi connectivity index (χ4v) is 4.51. The first-order chi connectivity index (χ1) is 16.6. The molecule has 0 bridgehead atoms. The van der Waals surface area contributed by atoms with Crippen LogP contribution in [0.15, 0.2) is 37.2 Å². The van der Waals surface area contributed by atoms with Crippen LogP contribution >= 0.6 is 0 Å². The van der Waals surface area contributed by atoms with Crippen LogP contribution in [0.5, 0.6) is 0 Å². The van der Waals surface area contributed by atoms with Gasteiger partial charge in [-0.3, -0.25) is 4.68 Å². The molecule has 0 saturated carbocycles. The Labute approximate surface area is 195 Å². The minimum atomic E-state index is -0.795. The predicted molar refractivity (Wildman–Crippen MR) is 122 cm³/mol. The Hall–Kier alpha value is -4.35. The summed E-state index contributed by atoms with van der Waals surface area (Å²) in [6.45, 7) is 2.90. The summed E-state index contributed by atoms with van der Waals surface area (Å²) in [6.07, 6.45) is 8.87. The molecule has 11 nitrogen and oxygen atoms in total. The fourth-order valence-electron chi connectivity index (χ4n) is 4.51. The predicted octanol–water partition coefficient (Wildman–Crippen LogP) is 2.52. The molecule has 1 fully saturated rings. The number of hydrogen-bond donors (Lipinski definition) is 2. The van der Waals surface area contributed by atoms with Crippen molar-refractivity contribution in [3.8, 4) is 23.4 Å². The van der Waals surface area contributed by atoms with E-state index in [4.69, 9.17) is 0 Å². The molecule has 170 valence electrons. The summed E-state index contributed by atoms with van der Waals surface area (Å²) in [6, 6.07) is 6.18. The van der Waals surface area contributed by atoms with E-state index in [0.717, 1.165) is 28.7 Å². The standard InChI is InChI=1S/C23H22N10O/c1-14(34)19-10-27-23(18(8-25)31-19)32-7-4-15(11-32)20(2-5-24)33-12-16(9-30-33)21-17-3-6-26-22(17)29-13-28-21/h3,6,9-10,12-15,20,34H,2,4,7,11H2,1H3,(H,26,28,29). The van der Waals surface area contributed by atoms with Gasteiger partial charge in [0.1, 0.15) is 18.0 Å². The number of anilines is 1. The number of nitrogens with zero attached hydrogens (tertiary/aromatic N) is 9. The highest BCUT2D eigenvalue weighted by molar-refractivity contribution is 5.89. The van der Waals surface area contributed by atoms with Gasteiger partial charge in [0.2, 0.25) is 0 Å². The fraction of sp³-hybridized carbons (Fsp3) is 0.348. The van der Waals surface area contributed by atoms with Gasteiger partial charge in [0, 0.05) is 42.4 Å². The van der Waals surface area contributed by atoms with Gasteiger partial charge in [0.15, 0.2) is 11.5 Å². The van der Waals surface area contributed by atoms with Gasteiger partial charge >= 0.3 is 0 Å². The number of rotatable bonds is 6. The van der Waals surface area contributed by atoms with Gasteiger partial charge in [-0.2, -0.15) is 15.6 Å². The summed E-state index contributed by atoms with van der Waals surface area (Å²) in [7, 11) is 0. The molecular weight excluding hydrogens is 432 g/mol. The van der Waals surface area contributed by atoms with Crippen LogP contribution < -0.4 is 4.90 Å². The Bertz CT molecular complexity index is 1410. The zero-order chi connectivity index (χ0) is 23.7. The third kappa shape index (κ3) is 3.83. The lowest BCUT2D eigenvalue weighted by atomic mass is 9.96. The first-order valence-corrected chi connectivity index (χ1v) is 11.0. The van der Waals surface area contributed by atoms with E-state index >= 15 is 0 Å². The van der Waals surface area contributed by atoms with Gasteiger partial charge < -0.3 is 15.0 Å². The van der Waals surface area contributed by atoms with Gasteiger partial charge in [-0.15, -0.1) is 0 Å². The molecule has 0 spiro atoms. The lowest BCUT2D eigenvalue weighted by molar-refractivity contribution is 0.194. The molecule has 4 aromatic rings. The molecule has 1 saturated heterocycles. The molecule has 2 N–H and O–H groups in total. The number of fused-ring (bicyclic) bond motifs is 1. The zero-order valence-corrected chi connectivity index (χ0v) is 18.5. The Morgan fingerprint density at radius 3 is 2.94 bits per heavy atom. The van der Waals surface area contributed by atoms with E-state index in [0.29, 0.717) is 31.0 Å². The number of hydrogen-bond acceptors (Lipinski definition) is 9. The van der Waals surface area contributed by atoms with Crippen molar-refractivity contribution in [2.45, 2.75) is 31.9 Å². The molecule has 1 aliphatic rings. The second-order valence-electron chi connectivity index (χ2n) is 8.35. The van der Waals surface area contributed by atoms with Crippen molar-refractivity contribution >= 4 is 16.9 Å². The molecule has 0 aromatic carbocycles. The Kier molecular flexibility index (Phi) is 5.62. The molecular formula is C23H22N10O. The smallest absolute Gasteiger partial charge is 0.183 e. The first kappa shape index (κ1) is 21.5. The van der Waals surface area contributed by atoms with Crippen molar-refractivity contribution in [2.75, 3.05) is 18.0 Å². The Morgan fingerprint density at radius 2 is 2.15 bits per heavy atom. The first-order valence-electron chi connectivity index (χ1n) is 11.0. The van der Waals surface area contributed by atoms with E-state index in [1.54, 1.807) is 13.1 Å². The normalized spacial score (nSPS) is 17.4. The summed E-state index contributed by atoms with van der Waals surface area (Å²) < 4.78 is 1.85. The van der Waals surface area contributed by atoms with E-state index in [1.807, 2.05) is 28.0 Å². The maximum Gasteiger partial charge on any atom is 0.183 e. The van der Waals surface area contributed by atoms with E-state index in [2.05, 4.69) is 42.2 Å². The molecule has 3 unspecified atom stereocenters. The lowest BCUT2D eigenvalue weighted by Gasteiger charge is -2.23. The maximum atomic E-state index is 9.75. The van der Waals surface area contributed by atoms with Crippen LogP contribution in [0, 0.1) is 28.6 Å². The van der Waals surface area contributed by atoms with Crippen molar-refractivity contribution in [2.24, 2.45) is 5.92 Å². The van der Waals surface area contributed by atoms with Gasteiger partial charge in [-0.05, 0) is 19.4 Å². The number of nitrogens with one attached hydrogen (secondary N) is 1.